The van der Waals surface area contributed by atoms with E-state index in [1.807, 2.05) is 13.0 Å². The third-order valence-corrected chi connectivity index (χ3v) is 5.44. The molecule has 1 saturated carbocycles. The fraction of sp³-hybridized carbons (Fsp3) is 0.278. The van der Waals surface area contributed by atoms with Gasteiger partial charge in [0.1, 0.15) is 0 Å². The van der Waals surface area contributed by atoms with E-state index in [1.165, 1.54) is 25.0 Å². The molecule has 2 heterocycles. The number of thiazole rings is 1. The van der Waals surface area contributed by atoms with Crippen LogP contribution in [0.15, 0.2) is 36.5 Å². The second-order valence-electron chi connectivity index (χ2n) is 6.21. The number of aromatic nitrogens is 3. The highest BCUT2D eigenvalue weighted by atomic mass is 32.1. The number of nitrogens with one attached hydrogen (secondary N) is 1. The molecule has 0 aliphatic heterocycles. The van der Waals surface area contributed by atoms with Crippen molar-refractivity contribution in [3.05, 3.63) is 52.8 Å². The number of hydrogen-bond donors (Lipinski definition) is 1. The maximum atomic E-state index is 12.6. The molecule has 2 aromatic heterocycles. The molecular weight excluding hydrogens is 361 g/mol. The predicted molar refractivity (Wildman–Crippen MR) is 94.6 cm³/mol. The van der Waals surface area contributed by atoms with Crippen LogP contribution in [0.2, 0.25) is 0 Å². The quantitative estimate of drug-likeness (QED) is 0.649. The maximum Gasteiger partial charge on any atom is 0.416 e. The normalized spacial score (nSPS) is 14.5. The molecule has 4 rings (SSSR count). The number of aryl methyl sites for hydroxylation is 1. The predicted octanol–water partition coefficient (Wildman–Crippen LogP) is 5.55. The topological polar surface area (TPSA) is 50.7 Å². The summed E-state index contributed by atoms with van der Waals surface area (Å²) in [5.74, 6) is 0.919. The lowest BCUT2D eigenvalue weighted by molar-refractivity contribution is -0.137. The molecule has 26 heavy (non-hydrogen) atoms. The summed E-state index contributed by atoms with van der Waals surface area (Å²) in [4.78, 5) is 14.3. The Morgan fingerprint density at radius 2 is 1.81 bits per heavy atom. The van der Waals surface area contributed by atoms with Crippen molar-refractivity contribution >= 4 is 23.0 Å². The number of alkyl halides is 3. The molecule has 0 unspecified atom stereocenters. The monoisotopic (exact) mass is 376 g/mol. The molecule has 0 radical (unpaired) electrons. The van der Waals surface area contributed by atoms with Crippen LogP contribution in [-0.2, 0) is 6.18 Å². The van der Waals surface area contributed by atoms with Gasteiger partial charge in [-0.1, -0.05) is 0 Å². The second-order valence-corrected chi connectivity index (χ2v) is 7.24. The van der Waals surface area contributed by atoms with E-state index in [1.54, 1.807) is 17.5 Å². The van der Waals surface area contributed by atoms with Gasteiger partial charge in [-0.25, -0.2) is 15.0 Å². The van der Waals surface area contributed by atoms with Crippen LogP contribution in [0.5, 0.6) is 0 Å². The lowest BCUT2D eigenvalue weighted by Gasteiger charge is -2.09. The van der Waals surface area contributed by atoms with Crippen LogP contribution in [0.25, 0.3) is 10.6 Å². The molecule has 1 fully saturated rings. The highest BCUT2D eigenvalue weighted by molar-refractivity contribution is 7.15. The number of halogens is 3. The molecule has 0 spiro atoms. The molecule has 134 valence electrons. The van der Waals surface area contributed by atoms with E-state index >= 15 is 0 Å². The molecule has 1 N–H and O–H groups in total. The van der Waals surface area contributed by atoms with E-state index in [9.17, 15) is 13.2 Å². The van der Waals surface area contributed by atoms with Gasteiger partial charge in [0.25, 0.3) is 0 Å². The van der Waals surface area contributed by atoms with Gasteiger partial charge in [0, 0.05) is 17.8 Å². The summed E-state index contributed by atoms with van der Waals surface area (Å²) in [7, 11) is 0. The van der Waals surface area contributed by atoms with Crippen molar-refractivity contribution in [3.63, 3.8) is 0 Å². The maximum absolute atomic E-state index is 12.6. The van der Waals surface area contributed by atoms with Crippen LogP contribution >= 0.6 is 11.3 Å². The Morgan fingerprint density at radius 1 is 1.08 bits per heavy atom. The minimum atomic E-state index is -4.35. The van der Waals surface area contributed by atoms with Crippen LogP contribution in [0.3, 0.4) is 0 Å². The number of benzene rings is 1. The van der Waals surface area contributed by atoms with Crippen LogP contribution in [-0.4, -0.2) is 15.0 Å². The summed E-state index contributed by atoms with van der Waals surface area (Å²) in [6, 6.07) is 6.60. The van der Waals surface area contributed by atoms with Gasteiger partial charge in [-0.2, -0.15) is 13.2 Å². The Kier molecular flexibility index (Phi) is 4.14. The van der Waals surface area contributed by atoms with E-state index in [0.717, 1.165) is 33.4 Å². The fourth-order valence-electron chi connectivity index (χ4n) is 2.58. The average molecular weight is 376 g/mol. The minimum Gasteiger partial charge on any atom is -0.324 e. The van der Waals surface area contributed by atoms with Crippen molar-refractivity contribution < 1.29 is 13.2 Å². The van der Waals surface area contributed by atoms with Gasteiger partial charge in [0.2, 0.25) is 5.95 Å². The lowest BCUT2D eigenvalue weighted by Crippen LogP contribution is -2.04. The zero-order valence-corrected chi connectivity index (χ0v) is 14.7. The van der Waals surface area contributed by atoms with Gasteiger partial charge < -0.3 is 5.32 Å². The zero-order chi connectivity index (χ0) is 18.3. The van der Waals surface area contributed by atoms with Crippen LogP contribution in [0.1, 0.15) is 35.0 Å². The fourth-order valence-corrected chi connectivity index (χ4v) is 3.78. The Balaban J connectivity index is 1.56. The molecule has 0 bridgehead atoms. The first-order chi connectivity index (χ1) is 12.4. The van der Waals surface area contributed by atoms with Crippen molar-refractivity contribution in [1.29, 1.82) is 0 Å². The Labute approximate surface area is 152 Å². The first-order valence-corrected chi connectivity index (χ1v) is 8.97. The van der Waals surface area contributed by atoms with Gasteiger partial charge in [-0.15, -0.1) is 11.3 Å². The van der Waals surface area contributed by atoms with Crippen LogP contribution in [0, 0.1) is 6.92 Å². The van der Waals surface area contributed by atoms with Crippen LogP contribution < -0.4 is 5.32 Å². The van der Waals surface area contributed by atoms with Gasteiger partial charge in [-0.3, -0.25) is 0 Å². The van der Waals surface area contributed by atoms with Gasteiger partial charge in [-0.05, 0) is 50.1 Å². The van der Waals surface area contributed by atoms with E-state index in [-0.39, 0.29) is 0 Å². The van der Waals surface area contributed by atoms with E-state index < -0.39 is 11.7 Å². The first-order valence-electron chi connectivity index (χ1n) is 8.15. The lowest BCUT2D eigenvalue weighted by atomic mass is 10.2. The summed E-state index contributed by atoms with van der Waals surface area (Å²) < 4.78 is 37.9. The van der Waals surface area contributed by atoms with Gasteiger partial charge in [0.15, 0.2) is 0 Å². The number of anilines is 2. The third-order valence-electron chi connectivity index (χ3n) is 4.10. The summed E-state index contributed by atoms with van der Waals surface area (Å²) in [6.07, 6.45) is -0.337. The highest BCUT2D eigenvalue weighted by Crippen LogP contribution is 2.44. The smallest absolute Gasteiger partial charge is 0.324 e. The molecular formula is C18H15F3N4S. The van der Waals surface area contributed by atoms with Crippen molar-refractivity contribution in [3.8, 4) is 10.6 Å². The average Bonchev–Trinajstić information content (AvgIpc) is 3.37. The van der Waals surface area contributed by atoms with Crippen LogP contribution in [0.4, 0.5) is 24.8 Å². The summed E-state index contributed by atoms with van der Waals surface area (Å²) in [6.45, 7) is 1.96. The third kappa shape index (κ3) is 3.55. The number of nitrogens with zero attached hydrogens (tertiary/aromatic N) is 3. The summed E-state index contributed by atoms with van der Waals surface area (Å²) >= 11 is 1.65. The number of rotatable bonds is 4. The summed E-state index contributed by atoms with van der Waals surface area (Å²) in [5.41, 5.74) is 1.51. The molecule has 0 atom stereocenters. The van der Waals surface area contributed by atoms with E-state index in [0.29, 0.717) is 17.6 Å². The molecule has 1 aliphatic rings. The second kappa shape index (κ2) is 6.35. The Bertz CT molecular complexity index is 930. The molecule has 0 saturated heterocycles. The van der Waals surface area contributed by atoms with E-state index in [4.69, 9.17) is 0 Å². The van der Waals surface area contributed by atoms with Crippen molar-refractivity contribution in [2.45, 2.75) is 31.9 Å². The standard InChI is InChI=1S/C18H15F3N4S/c1-10-15(26-16(23-10)11-2-3-11)14-8-9-22-17(25-14)24-13-6-4-12(5-7-13)18(19,20)21/h4-9,11H,2-3H2,1H3,(H,22,24,25). The SMILES string of the molecule is Cc1nc(C2CC2)sc1-c1ccnc(Nc2ccc(C(F)(F)F)cc2)n1. The first kappa shape index (κ1) is 17.0. The van der Waals surface area contributed by atoms with Crippen molar-refractivity contribution in [2.24, 2.45) is 0 Å². The van der Waals surface area contributed by atoms with Crippen molar-refractivity contribution in [1.82, 2.24) is 15.0 Å². The molecule has 1 aromatic carbocycles. The van der Waals surface area contributed by atoms with E-state index in [2.05, 4.69) is 20.3 Å². The zero-order valence-electron chi connectivity index (χ0n) is 13.8. The molecule has 3 aromatic rings. The number of hydrogen-bond acceptors (Lipinski definition) is 5. The highest BCUT2D eigenvalue weighted by Gasteiger charge is 2.30. The van der Waals surface area contributed by atoms with Gasteiger partial charge >= 0.3 is 6.18 Å². The largest absolute Gasteiger partial charge is 0.416 e. The Morgan fingerprint density at radius 3 is 2.46 bits per heavy atom. The van der Waals surface area contributed by atoms with Gasteiger partial charge in [0.05, 0.1) is 26.8 Å². The Hall–Kier alpha value is -2.48. The molecule has 4 nitrogen and oxygen atoms in total. The molecule has 1 aliphatic carbocycles. The van der Waals surface area contributed by atoms with Crippen molar-refractivity contribution in [2.75, 3.05) is 5.32 Å². The summed E-state index contributed by atoms with van der Waals surface area (Å²) in [5, 5.41) is 4.10. The molecule has 8 heteroatoms. The molecule has 0 amide bonds. The minimum absolute atomic E-state index is 0.336.